The highest BCUT2D eigenvalue weighted by Gasteiger charge is 3.05. The monoisotopic (exact) mass is 142 g/mol. The molecule has 10 heavy (non-hydrogen) atoms. The van der Waals surface area contributed by atoms with Crippen molar-refractivity contribution in [1.29, 1.82) is 0 Å². The van der Waals surface area contributed by atoms with E-state index < -0.39 is 5.97 Å². The van der Waals surface area contributed by atoms with Crippen LogP contribution >= 0.6 is 0 Å². The van der Waals surface area contributed by atoms with Crippen molar-refractivity contribution >= 4 is 0 Å². The molecule has 3 rings (SSSR count). The van der Waals surface area contributed by atoms with Crippen molar-refractivity contribution < 1.29 is 14.2 Å². The van der Waals surface area contributed by atoms with E-state index in [9.17, 15) is 0 Å². The number of hydrogen-bond acceptors (Lipinski definition) is 3. The molecule has 1 atom stereocenters. The van der Waals surface area contributed by atoms with E-state index in [0.717, 1.165) is 6.42 Å². The second-order valence-electron chi connectivity index (χ2n) is 3.18. The fourth-order valence-corrected chi connectivity index (χ4v) is 1.66. The molecule has 56 valence electrons. The minimum absolute atomic E-state index is 0.220. The molecule has 0 aromatic rings. The molecule has 1 unspecified atom stereocenters. The fraction of sp³-hybridized carbons (Fsp3) is 1.00. The van der Waals surface area contributed by atoms with E-state index in [1.165, 1.54) is 12.8 Å². The van der Waals surface area contributed by atoms with E-state index in [-0.39, 0.29) is 11.9 Å². The van der Waals surface area contributed by atoms with Crippen molar-refractivity contribution in [3.05, 3.63) is 0 Å². The molecule has 0 spiro atoms. The second kappa shape index (κ2) is 1.26. The van der Waals surface area contributed by atoms with Crippen LogP contribution in [0.15, 0.2) is 0 Å². The molecule has 0 bridgehead atoms. The van der Waals surface area contributed by atoms with Crippen LogP contribution in [0.4, 0.5) is 0 Å². The standard InChI is InChI=1S/C7H10O3/c1-2-3-4-5-6-7(8-5,9-6)10-6/h5H,2-4H2,1H3. The lowest BCUT2D eigenvalue weighted by atomic mass is 10.1. The van der Waals surface area contributed by atoms with E-state index in [1.54, 1.807) is 0 Å². The van der Waals surface area contributed by atoms with Gasteiger partial charge in [-0.1, -0.05) is 19.8 Å². The molecule has 0 N–H and O–H groups in total. The Labute approximate surface area is 59.3 Å². The molecule has 0 aromatic heterocycles. The molecule has 3 saturated heterocycles. The second-order valence-corrected chi connectivity index (χ2v) is 3.18. The lowest BCUT2D eigenvalue weighted by molar-refractivity contribution is -0.143. The first-order chi connectivity index (χ1) is 4.83. The maximum atomic E-state index is 5.32. The Morgan fingerprint density at radius 2 is 2.20 bits per heavy atom. The molecule has 3 aliphatic heterocycles. The third-order valence-corrected chi connectivity index (χ3v) is 2.46. The van der Waals surface area contributed by atoms with Gasteiger partial charge in [-0.15, -0.1) is 0 Å². The van der Waals surface area contributed by atoms with E-state index in [1.807, 2.05) is 0 Å². The predicted octanol–water partition coefficient (Wildman–Crippen LogP) is 0.986. The first kappa shape index (κ1) is 5.52. The lowest BCUT2D eigenvalue weighted by Gasteiger charge is -2.14. The van der Waals surface area contributed by atoms with Gasteiger partial charge in [0.05, 0.1) is 0 Å². The Hall–Kier alpha value is -0.120. The average Bonchev–Trinajstić information content (AvgIpc) is 2.48. The predicted molar refractivity (Wildman–Crippen MR) is 32.0 cm³/mol. The number of epoxide rings is 2. The fourth-order valence-electron chi connectivity index (χ4n) is 1.66. The number of ether oxygens (including phenoxy) is 3. The third-order valence-electron chi connectivity index (χ3n) is 2.46. The van der Waals surface area contributed by atoms with Crippen molar-refractivity contribution in [2.75, 3.05) is 0 Å². The zero-order valence-corrected chi connectivity index (χ0v) is 5.92. The van der Waals surface area contributed by atoms with Gasteiger partial charge < -0.3 is 4.74 Å². The van der Waals surface area contributed by atoms with E-state index >= 15 is 0 Å². The van der Waals surface area contributed by atoms with Crippen LogP contribution in [0.3, 0.4) is 0 Å². The topological polar surface area (TPSA) is 34.3 Å². The van der Waals surface area contributed by atoms with Gasteiger partial charge >= 0.3 is 5.97 Å². The summed E-state index contributed by atoms with van der Waals surface area (Å²) in [6, 6.07) is 0. The van der Waals surface area contributed by atoms with Crippen LogP contribution in [0, 0.1) is 0 Å². The smallest absolute Gasteiger partial charge is 0.313 e. The molecule has 0 radical (unpaired) electrons. The Morgan fingerprint density at radius 3 is 2.60 bits per heavy atom. The maximum absolute atomic E-state index is 5.32. The van der Waals surface area contributed by atoms with Gasteiger partial charge in [-0.2, -0.15) is 0 Å². The van der Waals surface area contributed by atoms with Crippen molar-refractivity contribution in [2.45, 2.75) is 44.1 Å². The molecule has 0 saturated carbocycles. The summed E-state index contributed by atoms with van der Waals surface area (Å²) in [5.41, 5.74) is 0. The van der Waals surface area contributed by atoms with Crippen LogP contribution in [-0.4, -0.2) is 17.9 Å². The number of rotatable bonds is 3. The summed E-state index contributed by atoms with van der Waals surface area (Å²) in [6.45, 7) is 2.17. The summed E-state index contributed by atoms with van der Waals surface area (Å²) in [6.07, 6.45) is 3.74. The number of hydrogen-bond donors (Lipinski definition) is 0. The molecular formula is C7H10O3. The normalized spacial score (nSPS) is 60.3. The summed E-state index contributed by atoms with van der Waals surface area (Å²) >= 11 is 0. The van der Waals surface area contributed by atoms with E-state index in [2.05, 4.69) is 6.92 Å². The first-order valence-corrected chi connectivity index (χ1v) is 3.91. The number of unbranched alkanes of at least 4 members (excludes halogenated alkanes) is 1. The quantitative estimate of drug-likeness (QED) is 0.551. The summed E-state index contributed by atoms with van der Waals surface area (Å²) in [5, 5.41) is 0. The maximum Gasteiger partial charge on any atom is 0.349 e. The van der Waals surface area contributed by atoms with Gasteiger partial charge in [0.1, 0.15) is 6.10 Å². The van der Waals surface area contributed by atoms with Gasteiger partial charge in [-0.25, -0.2) is 0 Å². The van der Waals surface area contributed by atoms with E-state index in [4.69, 9.17) is 14.2 Å². The molecule has 3 fully saturated rings. The lowest BCUT2D eigenvalue weighted by Crippen LogP contribution is -2.33. The van der Waals surface area contributed by atoms with Crippen LogP contribution in [0.5, 0.6) is 0 Å². The largest absolute Gasteiger partial charge is 0.349 e. The molecule has 0 aliphatic carbocycles. The molecule has 3 nitrogen and oxygen atoms in total. The van der Waals surface area contributed by atoms with Gasteiger partial charge in [-0.3, -0.25) is 9.47 Å². The minimum Gasteiger partial charge on any atom is -0.313 e. The van der Waals surface area contributed by atoms with Gasteiger partial charge in [0.25, 0.3) is 5.79 Å². The van der Waals surface area contributed by atoms with Crippen molar-refractivity contribution in [1.82, 2.24) is 0 Å². The van der Waals surface area contributed by atoms with E-state index in [0.29, 0.717) is 0 Å². The summed E-state index contributed by atoms with van der Waals surface area (Å²) < 4.78 is 15.6. The summed E-state index contributed by atoms with van der Waals surface area (Å²) in [4.78, 5) is 0. The third kappa shape index (κ3) is 0.367. The zero-order valence-electron chi connectivity index (χ0n) is 5.92. The van der Waals surface area contributed by atoms with Crippen LogP contribution in [0.1, 0.15) is 26.2 Å². The Bertz CT molecular complexity index is 183. The first-order valence-electron chi connectivity index (χ1n) is 3.91. The molecule has 0 amide bonds. The SMILES string of the molecule is CCCCC1OC23OC12O3. The molecule has 3 heterocycles. The minimum atomic E-state index is -0.495. The van der Waals surface area contributed by atoms with Crippen LogP contribution in [-0.2, 0) is 14.2 Å². The summed E-state index contributed by atoms with van der Waals surface area (Å²) in [5.74, 6) is -0.715. The van der Waals surface area contributed by atoms with Crippen LogP contribution in [0.25, 0.3) is 0 Å². The molecule has 0 aromatic carbocycles. The molecular weight excluding hydrogens is 132 g/mol. The van der Waals surface area contributed by atoms with Crippen molar-refractivity contribution in [2.24, 2.45) is 0 Å². The van der Waals surface area contributed by atoms with Crippen LogP contribution in [0.2, 0.25) is 0 Å². The van der Waals surface area contributed by atoms with Gasteiger partial charge in [0.2, 0.25) is 0 Å². The Balaban J connectivity index is 1.58. The molecule has 3 heteroatoms. The summed E-state index contributed by atoms with van der Waals surface area (Å²) in [7, 11) is 0. The molecule has 3 aliphatic rings. The van der Waals surface area contributed by atoms with Crippen molar-refractivity contribution in [3.8, 4) is 0 Å². The van der Waals surface area contributed by atoms with Gasteiger partial charge in [0, 0.05) is 0 Å². The van der Waals surface area contributed by atoms with Crippen molar-refractivity contribution in [3.63, 3.8) is 0 Å². The Morgan fingerprint density at radius 1 is 1.40 bits per heavy atom. The highest BCUT2D eigenvalue weighted by Crippen LogP contribution is 2.79. The highest BCUT2D eigenvalue weighted by atomic mass is 17.2. The average molecular weight is 142 g/mol. The van der Waals surface area contributed by atoms with Gasteiger partial charge in [0.15, 0.2) is 0 Å². The highest BCUT2D eigenvalue weighted by molar-refractivity contribution is 5.24. The Kier molecular flexibility index (Phi) is 0.698. The van der Waals surface area contributed by atoms with Crippen LogP contribution < -0.4 is 0 Å². The zero-order chi connectivity index (χ0) is 6.82. The van der Waals surface area contributed by atoms with Gasteiger partial charge in [-0.05, 0) is 6.42 Å².